The molecule has 0 amide bonds. The average molecular weight is 87.2 g/mol. The van der Waals surface area contributed by atoms with E-state index in [2.05, 4.69) is 23.7 Å². The minimum atomic E-state index is 0. The molecule has 4 N–H and O–H groups in total. The topological polar surface area (TPSA) is 52.0 Å². The fraction of sp³-hybridized carbons (Fsp3) is 0. The maximum atomic E-state index is 4.62. The van der Waals surface area contributed by atoms with E-state index in [4.69, 9.17) is 0 Å². The van der Waals surface area contributed by atoms with Crippen LogP contribution in [0.1, 0.15) is 0 Å². The van der Waals surface area contributed by atoms with Gasteiger partial charge in [-0.25, -0.2) is 0 Å². The standard InChI is InChI=1S/CH4N2S.Be.2H/c2-1(3)4;;;/h(H4,2,3,4);;;. The van der Waals surface area contributed by atoms with Crippen LogP contribution in [0.5, 0.6) is 0 Å². The van der Waals surface area contributed by atoms with Crippen molar-refractivity contribution >= 4 is 27.5 Å². The third-order valence-corrected chi connectivity index (χ3v) is 0. The number of nitrogens with two attached hydrogens (primary N) is 2. The van der Waals surface area contributed by atoms with Crippen LogP contribution in [0.4, 0.5) is 0 Å². The molecule has 0 fully saturated rings. The number of rotatable bonds is 0. The zero-order valence-electron chi connectivity index (χ0n) is 2.06. The molecule has 0 atom stereocenters. The molecular weight excluding hydrogens is 81.1 g/mol. The molecule has 0 unspecified atom stereocenters. The number of hydrogen-bond donors (Lipinski definition) is 2. The molecule has 0 radical (unpaired) electrons. The second kappa shape index (κ2) is 3.86. The summed E-state index contributed by atoms with van der Waals surface area (Å²) < 4.78 is 0. The van der Waals surface area contributed by atoms with Crippen LogP contribution >= 0.6 is 12.2 Å². The first-order chi connectivity index (χ1) is 1.73. The summed E-state index contributed by atoms with van der Waals surface area (Å²) in [5.41, 5.74) is 9.24. The minimum absolute atomic E-state index is 0. The molecule has 0 aromatic heterocycles. The van der Waals surface area contributed by atoms with E-state index in [1.807, 2.05) is 0 Å². The molecule has 0 bridgehead atoms. The van der Waals surface area contributed by atoms with E-state index in [-0.39, 0.29) is 15.2 Å². The Balaban J connectivity index is 0. The van der Waals surface area contributed by atoms with E-state index < -0.39 is 0 Å². The van der Waals surface area contributed by atoms with E-state index in [1.54, 1.807) is 0 Å². The molecule has 0 aliphatic heterocycles. The summed E-state index contributed by atoms with van der Waals surface area (Å²) in [6.45, 7) is 0. The van der Waals surface area contributed by atoms with Gasteiger partial charge in [-0.05, 0) is 12.2 Å². The second-order valence-electron chi connectivity index (χ2n) is 0.402. The summed E-state index contributed by atoms with van der Waals surface area (Å²) in [4.78, 5) is 0. The van der Waals surface area contributed by atoms with Gasteiger partial charge in [0, 0.05) is 0 Å². The van der Waals surface area contributed by atoms with Crippen LogP contribution in [0.25, 0.3) is 0 Å². The van der Waals surface area contributed by atoms with E-state index in [9.17, 15) is 0 Å². The molecule has 0 saturated carbocycles. The van der Waals surface area contributed by atoms with E-state index in [0.29, 0.717) is 0 Å². The van der Waals surface area contributed by atoms with Crippen molar-refractivity contribution in [3.05, 3.63) is 0 Å². The van der Waals surface area contributed by atoms with E-state index >= 15 is 0 Å². The Morgan fingerprint density at radius 2 is 1.40 bits per heavy atom. The van der Waals surface area contributed by atoms with Crippen LogP contribution < -0.4 is 11.5 Å². The molecule has 0 aliphatic rings. The van der Waals surface area contributed by atoms with Crippen molar-refractivity contribution < 1.29 is 0 Å². The molecule has 5 heavy (non-hydrogen) atoms. The molecule has 0 aromatic carbocycles. The molecule has 0 rings (SSSR count). The predicted molar refractivity (Wildman–Crippen MR) is 29.5 cm³/mol. The van der Waals surface area contributed by atoms with Gasteiger partial charge < -0.3 is 11.5 Å². The molecule has 0 saturated heterocycles. The summed E-state index contributed by atoms with van der Waals surface area (Å²) >= 11 is 4.09. The fourth-order valence-electron chi connectivity index (χ4n) is 0. The van der Waals surface area contributed by atoms with Gasteiger partial charge in [-0.2, -0.15) is 0 Å². The van der Waals surface area contributed by atoms with Crippen molar-refractivity contribution in [2.75, 3.05) is 0 Å². The van der Waals surface area contributed by atoms with Crippen molar-refractivity contribution in [3.63, 3.8) is 0 Å². The third-order valence-electron chi connectivity index (χ3n) is 0. The molecule has 4 heteroatoms. The SMILES string of the molecule is NC(N)=S.[BeH2]. The van der Waals surface area contributed by atoms with Crippen LogP contribution in [0.2, 0.25) is 0 Å². The van der Waals surface area contributed by atoms with Gasteiger partial charge in [-0.3, -0.25) is 0 Å². The molecule has 0 aliphatic carbocycles. The van der Waals surface area contributed by atoms with Gasteiger partial charge in [0.1, 0.15) is 0 Å². The number of hydrogen-bond acceptors (Lipinski definition) is 1. The molecule has 0 aromatic rings. The quantitative estimate of drug-likeness (QED) is 0.273. The molecule has 28 valence electrons. The summed E-state index contributed by atoms with van der Waals surface area (Å²) in [5.74, 6) is 0. The Bertz CT molecular complexity index is 32.6. The zero-order valence-corrected chi connectivity index (χ0v) is 2.88. The Morgan fingerprint density at radius 3 is 1.40 bits per heavy atom. The maximum absolute atomic E-state index is 4.62. The van der Waals surface area contributed by atoms with E-state index in [0.717, 1.165) is 0 Å². The number of thiocarbonyl (C=S) groups is 1. The fourth-order valence-corrected chi connectivity index (χ4v) is 0. The Kier molecular flexibility index (Phi) is 6.83. The Labute approximate surface area is 39.7 Å². The first-order valence-electron chi connectivity index (χ1n) is 0.781. The van der Waals surface area contributed by atoms with Crippen molar-refractivity contribution in [1.82, 2.24) is 0 Å². The average Bonchev–Trinajstić information content (AvgIpc) is 0.811. The van der Waals surface area contributed by atoms with Crippen molar-refractivity contribution in [1.29, 1.82) is 0 Å². The monoisotopic (exact) mass is 87.0 g/mol. The van der Waals surface area contributed by atoms with Gasteiger partial charge in [0.05, 0.1) is 0 Å². The molecule has 0 heterocycles. The van der Waals surface area contributed by atoms with Crippen LogP contribution in [-0.2, 0) is 0 Å². The van der Waals surface area contributed by atoms with Gasteiger partial charge in [0.15, 0.2) is 5.11 Å². The molecule has 2 nitrogen and oxygen atoms in total. The van der Waals surface area contributed by atoms with Gasteiger partial charge in [-0.15, -0.1) is 0 Å². The van der Waals surface area contributed by atoms with Gasteiger partial charge in [0.2, 0.25) is 0 Å². The predicted octanol–water partition coefficient (Wildman–Crippen LogP) is -1.73. The summed E-state index contributed by atoms with van der Waals surface area (Å²) in [5, 5.41) is 0.000000000000000222. The second-order valence-corrected chi connectivity index (χ2v) is 0.874. The van der Waals surface area contributed by atoms with Crippen LogP contribution in [0, 0.1) is 0 Å². The van der Waals surface area contributed by atoms with Crippen LogP contribution in [-0.4, -0.2) is 15.2 Å². The normalized spacial score (nSPS) is 4.80. The first kappa shape index (κ1) is 8.85. The van der Waals surface area contributed by atoms with Crippen molar-refractivity contribution in [2.45, 2.75) is 0 Å². The summed E-state index contributed by atoms with van der Waals surface area (Å²) in [6, 6.07) is 0. The van der Waals surface area contributed by atoms with E-state index in [1.165, 1.54) is 0 Å². The zero-order chi connectivity index (χ0) is 3.58. The molecular formula is CH6BeN2S. The summed E-state index contributed by atoms with van der Waals surface area (Å²) in [7, 11) is 0. The van der Waals surface area contributed by atoms with Gasteiger partial charge in [0.25, 0.3) is 0 Å². The molecule has 0 spiro atoms. The van der Waals surface area contributed by atoms with Gasteiger partial charge >= 0.3 is 10.1 Å². The Hall–Kier alpha value is -0.141. The van der Waals surface area contributed by atoms with Gasteiger partial charge in [-0.1, -0.05) is 0 Å². The van der Waals surface area contributed by atoms with Crippen molar-refractivity contribution in [3.8, 4) is 0 Å². The van der Waals surface area contributed by atoms with Crippen LogP contribution in [0.3, 0.4) is 0 Å². The summed E-state index contributed by atoms with van der Waals surface area (Å²) in [6.07, 6.45) is 0. The Morgan fingerprint density at radius 1 is 1.40 bits per heavy atom. The van der Waals surface area contributed by atoms with Crippen molar-refractivity contribution in [2.24, 2.45) is 11.5 Å². The third kappa shape index (κ3) is 669. The first-order valence-corrected chi connectivity index (χ1v) is 1.19. The van der Waals surface area contributed by atoms with Crippen LogP contribution in [0.15, 0.2) is 0 Å².